The highest BCUT2D eigenvalue weighted by atomic mass is 16.3. The van der Waals surface area contributed by atoms with Crippen LogP contribution >= 0.6 is 0 Å². The Kier molecular flexibility index (Phi) is 34.6. The molecule has 6 nitrogen and oxygen atoms in total. The molecule has 0 aliphatic rings. The van der Waals surface area contributed by atoms with E-state index in [2.05, 4.69) is 26.1 Å². The lowest BCUT2D eigenvalue weighted by Gasteiger charge is -2.27. The Hall–Kier alpha value is -0.690. The lowest BCUT2D eigenvalue weighted by Crippen LogP contribution is -2.53. The number of hydrogen-bond donors (Lipinski definition) is 5. The second-order valence-corrected chi connectivity index (χ2v) is 15.2. The van der Waals surface area contributed by atoms with Crippen LogP contribution in [0, 0.1) is 5.92 Å². The summed E-state index contributed by atoms with van der Waals surface area (Å²) in [6, 6.07) is -0.979. The van der Waals surface area contributed by atoms with Gasteiger partial charge in [-0.1, -0.05) is 207 Å². The van der Waals surface area contributed by atoms with E-state index in [1.165, 1.54) is 148 Å². The molecule has 0 radical (unpaired) electrons. The summed E-state index contributed by atoms with van der Waals surface area (Å²) in [7, 11) is 0. The van der Waals surface area contributed by atoms with Crippen LogP contribution in [0.2, 0.25) is 0 Å². The summed E-state index contributed by atoms with van der Waals surface area (Å²) in [6.07, 6.45) is 34.2. The van der Waals surface area contributed by atoms with Crippen molar-refractivity contribution in [3.8, 4) is 0 Å². The van der Waals surface area contributed by atoms with Gasteiger partial charge >= 0.3 is 0 Å². The molecule has 0 spiro atoms. The van der Waals surface area contributed by atoms with Crippen molar-refractivity contribution in [1.82, 2.24) is 5.32 Å². The fourth-order valence-corrected chi connectivity index (χ4v) is 6.65. The molecule has 0 aromatic heterocycles. The lowest BCUT2D eigenvalue weighted by molar-refractivity contribution is -0.132. The van der Waals surface area contributed by atoms with Crippen molar-refractivity contribution in [2.75, 3.05) is 6.61 Å². The lowest BCUT2D eigenvalue weighted by atomic mass is 9.99. The van der Waals surface area contributed by atoms with E-state index in [-0.39, 0.29) is 0 Å². The molecule has 0 saturated heterocycles. The van der Waals surface area contributed by atoms with E-state index in [4.69, 9.17) is 0 Å². The number of aliphatic hydroxyl groups is 4. The number of unbranched alkanes of at least 4 members (excludes halogenated alkanes) is 26. The Labute approximate surface area is 292 Å². The van der Waals surface area contributed by atoms with Crippen molar-refractivity contribution in [2.24, 2.45) is 5.92 Å². The monoisotopic (exact) mass is 670 g/mol. The molecule has 0 saturated carbocycles. The smallest absolute Gasteiger partial charge is 0.249 e. The van der Waals surface area contributed by atoms with Crippen LogP contribution in [0.1, 0.15) is 220 Å². The average molecular weight is 670 g/mol. The topological polar surface area (TPSA) is 110 Å². The first-order valence-corrected chi connectivity index (χ1v) is 20.8. The van der Waals surface area contributed by atoms with E-state index in [1.807, 2.05) is 0 Å². The van der Waals surface area contributed by atoms with Crippen LogP contribution in [0.15, 0.2) is 0 Å². The van der Waals surface area contributed by atoms with Gasteiger partial charge in [-0.3, -0.25) is 4.79 Å². The molecule has 0 aromatic carbocycles. The molecule has 0 aromatic rings. The van der Waals surface area contributed by atoms with E-state index in [9.17, 15) is 25.2 Å². The second-order valence-electron chi connectivity index (χ2n) is 15.2. The van der Waals surface area contributed by atoms with E-state index in [1.54, 1.807) is 0 Å². The van der Waals surface area contributed by atoms with Gasteiger partial charge in [0.1, 0.15) is 12.2 Å². The molecule has 4 atom stereocenters. The summed E-state index contributed by atoms with van der Waals surface area (Å²) < 4.78 is 0. The third-order valence-electron chi connectivity index (χ3n) is 10.00. The molecule has 0 fully saturated rings. The summed E-state index contributed by atoms with van der Waals surface area (Å²) in [6.45, 7) is 6.36. The molecular weight excluding hydrogens is 586 g/mol. The van der Waals surface area contributed by atoms with Gasteiger partial charge in [0.15, 0.2) is 0 Å². The molecule has 6 heteroatoms. The molecule has 0 rings (SSSR count). The van der Waals surface area contributed by atoms with Gasteiger partial charge in [-0.25, -0.2) is 0 Å². The van der Waals surface area contributed by atoms with E-state index >= 15 is 0 Å². The number of rotatable bonds is 37. The molecule has 0 aliphatic carbocycles. The first-order valence-electron chi connectivity index (χ1n) is 20.8. The standard InChI is InChI=1S/C41H83NO5/c1-4-5-6-7-8-9-10-11-12-13-14-15-16-17-18-21-25-28-31-34-39(45)41(47)42-37(35-43)40(46)38(44)33-30-27-24-22-19-20-23-26-29-32-36(2)3/h36-40,43-46H,4-35H2,1-3H3,(H,42,47). The SMILES string of the molecule is CCCCCCCCCCCCCCCCCCCCCC(O)C(=O)NC(CO)C(O)C(O)CCCCCCCCCCCC(C)C. The predicted octanol–water partition coefficient (Wildman–Crippen LogP) is 10.3. The minimum atomic E-state index is -1.25. The van der Waals surface area contributed by atoms with Gasteiger partial charge in [-0.05, 0) is 18.8 Å². The number of carbonyl (C=O) groups is 1. The van der Waals surface area contributed by atoms with Crippen LogP contribution in [0.3, 0.4) is 0 Å². The third kappa shape index (κ3) is 31.1. The average Bonchev–Trinajstić information content (AvgIpc) is 3.06. The summed E-state index contributed by atoms with van der Waals surface area (Å²) in [5.41, 5.74) is 0. The summed E-state index contributed by atoms with van der Waals surface area (Å²) in [4.78, 5) is 12.5. The Morgan fingerprint density at radius 1 is 0.489 bits per heavy atom. The molecule has 282 valence electrons. The minimum Gasteiger partial charge on any atom is -0.394 e. The van der Waals surface area contributed by atoms with Crippen LogP contribution in [-0.2, 0) is 4.79 Å². The molecule has 4 unspecified atom stereocenters. The highest BCUT2D eigenvalue weighted by Gasteiger charge is 2.28. The molecule has 1 amide bonds. The van der Waals surface area contributed by atoms with E-state index in [0.717, 1.165) is 44.4 Å². The summed E-state index contributed by atoms with van der Waals surface area (Å²) in [5, 5.41) is 43.6. The van der Waals surface area contributed by atoms with Crippen molar-refractivity contribution < 1.29 is 25.2 Å². The number of hydrogen-bond acceptors (Lipinski definition) is 5. The largest absolute Gasteiger partial charge is 0.394 e. The van der Waals surface area contributed by atoms with Gasteiger partial charge < -0.3 is 25.7 Å². The zero-order valence-electron chi connectivity index (χ0n) is 31.7. The molecule has 47 heavy (non-hydrogen) atoms. The zero-order valence-corrected chi connectivity index (χ0v) is 31.7. The maximum Gasteiger partial charge on any atom is 0.249 e. The quantitative estimate of drug-likeness (QED) is 0.0423. The molecule has 0 bridgehead atoms. The van der Waals surface area contributed by atoms with E-state index in [0.29, 0.717) is 12.8 Å². The Balaban J connectivity index is 3.71. The Morgan fingerprint density at radius 2 is 0.809 bits per heavy atom. The minimum absolute atomic E-state index is 0.374. The fraction of sp³-hybridized carbons (Fsp3) is 0.976. The van der Waals surface area contributed by atoms with Gasteiger partial charge in [0.2, 0.25) is 5.91 Å². The number of nitrogens with one attached hydrogen (secondary N) is 1. The van der Waals surface area contributed by atoms with Crippen LogP contribution in [0.5, 0.6) is 0 Å². The number of carbonyl (C=O) groups excluding carboxylic acids is 1. The van der Waals surface area contributed by atoms with Crippen molar-refractivity contribution in [1.29, 1.82) is 0 Å². The maximum absolute atomic E-state index is 12.5. The first kappa shape index (κ1) is 46.3. The van der Waals surface area contributed by atoms with Crippen molar-refractivity contribution in [3.63, 3.8) is 0 Å². The molecule has 0 aliphatic heterocycles. The Morgan fingerprint density at radius 3 is 1.15 bits per heavy atom. The van der Waals surface area contributed by atoms with Crippen LogP contribution in [-0.4, -0.2) is 57.3 Å². The normalized spacial score (nSPS) is 14.4. The molecule has 5 N–H and O–H groups in total. The van der Waals surface area contributed by atoms with Gasteiger partial charge in [-0.15, -0.1) is 0 Å². The molecule has 0 heterocycles. The van der Waals surface area contributed by atoms with E-state index < -0.39 is 36.9 Å². The number of amides is 1. The van der Waals surface area contributed by atoms with Crippen LogP contribution in [0.25, 0.3) is 0 Å². The van der Waals surface area contributed by atoms with Gasteiger partial charge in [-0.2, -0.15) is 0 Å². The maximum atomic E-state index is 12.5. The summed E-state index contributed by atoms with van der Waals surface area (Å²) >= 11 is 0. The molecular formula is C41H83NO5. The van der Waals surface area contributed by atoms with Crippen LogP contribution < -0.4 is 5.32 Å². The highest BCUT2D eigenvalue weighted by molar-refractivity contribution is 5.80. The predicted molar refractivity (Wildman–Crippen MR) is 201 cm³/mol. The third-order valence-corrected chi connectivity index (χ3v) is 10.00. The number of aliphatic hydroxyl groups excluding tert-OH is 4. The van der Waals surface area contributed by atoms with Crippen molar-refractivity contribution >= 4 is 5.91 Å². The van der Waals surface area contributed by atoms with Gasteiger partial charge in [0.25, 0.3) is 0 Å². The zero-order chi connectivity index (χ0) is 34.8. The van der Waals surface area contributed by atoms with Crippen molar-refractivity contribution in [3.05, 3.63) is 0 Å². The van der Waals surface area contributed by atoms with Gasteiger partial charge in [0, 0.05) is 0 Å². The second kappa shape index (κ2) is 35.1. The summed E-state index contributed by atoms with van der Waals surface area (Å²) in [5.74, 6) is 0.222. The Bertz CT molecular complexity index is 645. The first-order chi connectivity index (χ1) is 22.8. The highest BCUT2D eigenvalue weighted by Crippen LogP contribution is 2.17. The van der Waals surface area contributed by atoms with Crippen molar-refractivity contribution in [2.45, 2.75) is 244 Å². The van der Waals surface area contributed by atoms with Gasteiger partial charge in [0.05, 0.1) is 18.8 Å². The fourth-order valence-electron chi connectivity index (χ4n) is 6.65. The van der Waals surface area contributed by atoms with Crippen LogP contribution in [0.4, 0.5) is 0 Å².